The number of piperazine rings is 1. The first kappa shape index (κ1) is 15.3. The van der Waals surface area contributed by atoms with E-state index in [0.29, 0.717) is 29.5 Å². The lowest BCUT2D eigenvalue weighted by atomic mass is 10.1. The molecule has 1 heterocycles. The minimum absolute atomic E-state index is 0.0699. The van der Waals surface area contributed by atoms with Crippen LogP contribution in [0.1, 0.15) is 17.3 Å². The van der Waals surface area contributed by atoms with E-state index in [0.717, 1.165) is 26.2 Å². The summed E-state index contributed by atoms with van der Waals surface area (Å²) in [6.07, 6.45) is 0. The normalized spacial score (nSPS) is 17.1. The van der Waals surface area contributed by atoms with Crippen LogP contribution in [0.3, 0.4) is 0 Å². The molecule has 0 atom stereocenters. The van der Waals surface area contributed by atoms with E-state index in [-0.39, 0.29) is 5.78 Å². The average molecular weight is 297 g/mol. The summed E-state index contributed by atoms with van der Waals surface area (Å²) in [5.74, 6) is 0.691. The summed E-state index contributed by atoms with van der Waals surface area (Å²) in [6, 6.07) is 5.22. The number of benzene rings is 1. The van der Waals surface area contributed by atoms with Gasteiger partial charge < -0.3 is 9.64 Å². The number of ether oxygens (including phenoxy) is 1. The lowest BCUT2D eigenvalue weighted by molar-refractivity contribution is 0.0873. The highest BCUT2D eigenvalue weighted by Crippen LogP contribution is 2.24. The molecule has 0 unspecified atom stereocenters. The Balaban J connectivity index is 2.06. The van der Waals surface area contributed by atoms with Gasteiger partial charge in [0.2, 0.25) is 0 Å². The summed E-state index contributed by atoms with van der Waals surface area (Å²) < 4.78 is 5.51. The summed E-state index contributed by atoms with van der Waals surface area (Å²) in [5.41, 5.74) is 0.582. The second-order valence-electron chi connectivity index (χ2n) is 5.08. The molecule has 0 aliphatic carbocycles. The lowest BCUT2D eigenvalue weighted by Crippen LogP contribution is -2.46. The van der Waals surface area contributed by atoms with Gasteiger partial charge in [-0.25, -0.2) is 0 Å². The quantitative estimate of drug-likeness (QED) is 0.780. The molecule has 1 saturated heterocycles. The van der Waals surface area contributed by atoms with Crippen molar-refractivity contribution < 1.29 is 9.53 Å². The third-order valence-corrected chi connectivity index (χ3v) is 3.74. The van der Waals surface area contributed by atoms with E-state index in [1.54, 1.807) is 18.2 Å². The van der Waals surface area contributed by atoms with Crippen molar-refractivity contribution in [2.75, 3.05) is 46.4 Å². The van der Waals surface area contributed by atoms with E-state index in [1.165, 1.54) is 0 Å². The third kappa shape index (κ3) is 3.95. The molecule has 1 aliphatic rings. The third-order valence-electron chi connectivity index (χ3n) is 3.50. The van der Waals surface area contributed by atoms with Crippen LogP contribution in [0.15, 0.2) is 18.2 Å². The van der Waals surface area contributed by atoms with Gasteiger partial charge >= 0.3 is 0 Å². The number of ketones is 1. The zero-order valence-electron chi connectivity index (χ0n) is 12.1. The molecule has 5 heteroatoms. The van der Waals surface area contributed by atoms with Gasteiger partial charge in [-0.2, -0.15) is 0 Å². The van der Waals surface area contributed by atoms with Gasteiger partial charge in [0, 0.05) is 31.2 Å². The van der Waals surface area contributed by atoms with Gasteiger partial charge in [-0.3, -0.25) is 9.69 Å². The Morgan fingerprint density at radius 3 is 2.65 bits per heavy atom. The number of nitrogens with zero attached hydrogens (tertiary/aromatic N) is 2. The molecule has 0 N–H and O–H groups in total. The van der Waals surface area contributed by atoms with Gasteiger partial charge in [0.1, 0.15) is 5.75 Å². The van der Waals surface area contributed by atoms with E-state index < -0.39 is 0 Å². The Hall–Kier alpha value is -1.10. The zero-order valence-corrected chi connectivity index (χ0v) is 12.8. The van der Waals surface area contributed by atoms with Crippen molar-refractivity contribution in [1.29, 1.82) is 0 Å². The van der Waals surface area contributed by atoms with Gasteiger partial charge in [-0.1, -0.05) is 11.6 Å². The van der Waals surface area contributed by atoms with E-state index >= 15 is 0 Å². The molecular weight excluding hydrogens is 276 g/mol. The van der Waals surface area contributed by atoms with Crippen molar-refractivity contribution in [3.8, 4) is 5.75 Å². The topological polar surface area (TPSA) is 32.8 Å². The molecule has 4 nitrogen and oxygen atoms in total. The van der Waals surface area contributed by atoms with E-state index in [2.05, 4.69) is 16.8 Å². The number of carbonyl (C=O) groups excluding carboxylic acids is 1. The second-order valence-corrected chi connectivity index (χ2v) is 5.51. The van der Waals surface area contributed by atoms with Gasteiger partial charge in [-0.15, -0.1) is 0 Å². The maximum absolute atomic E-state index is 12.4. The maximum atomic E-state index is 12.4. The van der Waals surface area contributed by atoms with Crippen molar-refractivity contribution in [2.24, 2.45) is 0 Å². The summed E-state index contributed by atoms with van der Waals surface area (Å²) >= 11 is 5.99. The molecule has 1 aromatic rings. The number of carbonyl (C=O) groups is 1. The van der Waals surface area contributed by atoms with Crippen molar-refractivity contribution in [3.63, 3.8) is 0 Å². The fourth-order valence-corrected chi connectivity index (χ4v) is 2.47. The van der Waals surface area contributed by atoms with Crippen molar-refractivity contribution in [3.05, 3.63) is 28.8 Å². The molecule has 1 fully saturated rings. The molecule has 0 aromatic heterocycles. The highest BCUT2D eigenvalue weighted by Gasteiger charge is 2.20. The van der Waals surface area contributed by atoms with Gasteiger partial charge in [0.15, 0.2) is 5.78 Å². The molecule has 2 rings (SSSR count). The Kier molecular flexibility index (Phi) is 5.40. The predicted molar refractivity (Wildman–Crippen MR) is 80.9 cm³/mol. The van der Waals surface area contributed by atoms with E-state index in [1.807, 2.05) is 6.92 Å². The van der Waals surface area contributed by atoms with Crippen molar-refractivity contribution in [2.45, 2.75) is 6.92 Å². The molecule has 110 valence electrons. The number of halogens is 1. The SMILES string of the molecule is CCOc1ccc(Cl)cc1C(=O)CN1CCN(C)CC1. The molecule has 1 aromatic carbocycles. The molecule has 0 saturated carbocycles. The number of likely N-dealkylation sites (N-methyl/N-ethyl adjacent to an activating group) is 1. The Morgan fingerprint density at radius 2 is 2.00 bits per heavy atom. The minimum Gasteiger partial charge on any atom is -0.493 e. The fraction of sp³-hybridized carbons (Fsp3) is 0.533. The average Bonchev–Trinajstić information content (AvgIpc) is 2.43. The number of hydrogen-bond acceptors (Lipinski definition) is 4. The van der Waals surface area contributed by atoms with Crippen LogP contribution in [0.4, 0.5) is 0 Å². The smallest absolute Gasteiger partial charge is 0.180 e. The van der Waals surface area contributed by atoms with Crippen LogP contribution in [-0.2, 0) is 0 Å². The highest BCUT2D eigenvalue weighted by atomic mass is 35.5. The number of hydrogen-bond donors (Lipinski definition) is 0. The minimum atomic E-state index is 0.0699. The van der Waals surface area contributed by atoms with Crippen LogP contribution >= 0.6 is 11.6 Å². The monoisotopic (exact) mass is 296 g/mol. The summed E-state index contributed by atoms with van der Waals surface area (Å²) in [6.45, 7) is 6.72. The van der Waals surface area contributed by atoms with Crippen LogP contribution in [0.2, 0.25) is 5.02 Å². The first-order valence-corrected chi connectivity index (χ1v) is 7.34. The Morgan fingerprint density at radius 1 is 1.30 bits per heavy atom. The van der Waals surface area contributed by atoms with Crippen molar-refractivity contribution >= 4 is 17.4 Å². The summed E-state index contributed by atoms with van der Waals surface area (Å²) in [7, 11) is 2.10. The molecule has 0 radical (unpaired) electrons. The molecular formula is C15H21ClN2O2. The second kappa shape index (κ2) is 7.07. The van der Waals surface area contributed by atoms with Crippen LogP contribution in [-0.4, -0.2) is 62.0 Å². The van der Waals surface area contributed by atoms with Crippen LogP contribution in [0, 0.1) is 0 Å². The fourth-order valence-electron chi connectivity index (χ4n) is 2.30. The van der Waals surface area contributed by atoms with Crippen LogP contribution in [0.25, 0.3) is 0 Å². The molecule has 20 heavy (non-hydrogen) atoms. The zero-order chi connectivity index (χ0) is 14.5. The van der Waals surface area contributed by atoms with Crippen LogP contribution in [0.5, 0.6) is 5.75 Å². The molecule has 1 aliphatic heterocycles. The number of Topliss-reactive ketones (excluding diaryl/α,β-unsaturated/α-hetero) is 1. The summed E-state index contributed by atoms with van der Waals surface area (Å²) in [4.78, 5) is 16.9. The van der Waals surface area contributed by atoms with Crippen molar-refractivity contribution in [1.82, 2.24) is 9.80 Å². The van der Waals surface area contributed by atoms with E-state index in [4.69, 9.17) is 16.3 Å². The highest BCUT2D eigenvalue weighted by molar-refractivity contribution is 6.31. The van der Waals surface area contributed by atoms with Gasteiger partial charge in [-0.05, 0) is 32.2 Å². The molecule has 0 amide bonds. The predicted octanol–water partition coefficient (Wildman–Crippen LogP) is 2.17. The first-order chi connectivity index (χ1) is 9.60. The van der Waals surface area contributed by atoms with Crippen LogP contribution < -0.4 is 4.74 Å². The Bertz CT molecular complexity index is 471. The molecule has 0 spiro atoms. The van der Waals surface area contributed by atoms with E-state index in [9.17, 15) is 4.79 Å². The maximum Gasteiger partial charge on any atom is 0.180 e. The standard InChI is InChI=1S/C15H21ClN2O2/c1-3-20-15-5-4-12(16)10-13(15)14(19)11-18-8-6-17(2)7-9-18/h4-5,10H,3,6-9,11H2,1-2H3. The molecule has 0 bridgehead atoms. The summed E-state index contributed by atoms with van der Waals surface area (Å²) in [5, 5.41) is 0.565. The van der Waals surface area contributed by atoms with Gasteiger partial charge in [0.25, 0.3) is 0 Å². The Labute approximate surface area is 125 Å². The van der Waals surface area contributed by atoms with Gasteiger partial charge in [0.05, 0.1) is 18.7 Å². The largest absolute Gasteiger partial charge is 0.493 e. The number of rotatable bonds is 5. The lowest BCUT2D eigenvalue weighted by Gasteiger charge is -2.31. The first-order valence-electron chi connectivity index (χ1n) is 6.96.